The van der Waals surface area contributed by atoms with Crippen LogP contribution in [0.3, 0.4) is 0 Å². The van der Waals surface area contributed by atoms with E-state index in [0.717, 1.165) is 62.3 Å². The number of hydrogen-bond donors (Lipinski definition) is 2. The molecule has 0 saturated carbocycles. The van der Waals surface area contributed by atoms with Crippen LogP contribution in [0, 0.1) is 0 Å². The van der Waals surface area contributed by atoms with E-state index in [1.807, 2.05) is 30.3 Å². The lowest BCUT2D eigenvalue weighted by Crippen LogP contribution is -2.49. The number of benzene rings is 1. The normalized spacial score (nSPS) is 21.8. The second kappa shape index (κ2) is 7.60. The highest BCUT2D eigenvalue weighted by Gasteiger charge is 2.26. The Morgan fingerprint density at radius 1 is 1.19 bits per heavy atom. The minimum atomic E-state index is -0.419. The third-order valence-corrected chi connectivity index (χ3v) is 5.40. The van der Waals surface area contributed by atoms with E-state index in [-0.39, 0.29) is 0 Å². The second-order valence-corrected chi connectivity index (χ2v) is 7.26. The highest BCUT2D eigenvalue weighted by atomic mass is 16.5. The Labute approximate surface area is 153 Å². The average Bonchev–Trinajstić information content (AvgIpc) is 2.68. The van der Waals surface area contributed by atoms with E-state index in [1.54, 1.807) is 0 Å². The summed E-state index contributed by atoms with van der Waals surface area (Å²) in [5.41, 5.74) is 7.04. The molecular formula is C20H26N4O2. The Hall–Kier alpha value is -2.18. The third kappa shape index (κ3) is 3.66. The number of rotatable bonds is 4. The van der Waals surface area contributed by atoms with Gasteiger partial charge in [-0.2, -0.15) is 0 Å². The standard InChI is InChI=1S/C20H26N4O2/c21-19(25)17-12-14-4-1-2-6-18(14)23-20(17)24-9-7-15(8-10-24)22-16-5-3-11-26-13-16/h1-2,4,6,12,15-16,22H,3,5,7-11,13H2,(H2,21,25). The monoisotopic (exact) mass is 354 g/mol. The fourth-order valence-corrected chi connectivity index (χ4v) is 3.99. The molecule has 2 aliphatic heterocycles. The number of carbonyl (C=O) groups excluding carboxylic acids is 1. The fourth-order valence-electron chi connectivity index (χ4n) is 3.99. The van der Waals surface area contributed by atoms with Crippen molar-refractivity contribution in [2.24, 2.45) is 5.73 Å². The lowest BCUT2D eigenvalue weighted by molar-refractivity contribution is 0.0650. The van der Waals surface area contributed by atoms with Gasteiger partial charge in [0.2, 0.25) is 0 Å². The van der Waals surface area contributed by atoms with Crippen molar-refractivity contribution in [2.45, 2.75) is 37.8 Å². The molecule has 26 heavy (non-hydrogen) atoms. The van der Waals surface area contributed by atoms with Crippen LogP contribution in [-0.4, -0.2) is 49.3 Å². The molecule has 0 bridgehead atoms. The lowest BCUT2D eigenvalue weighted by Gasteiger charge is -2.36. The number of nitrogens with two attached hydrogens (primary N) is 1. The number of para-hydroxylation sites is 1. The number of nitrogens with one attached hydrogen (secondary N) is 1. The van der Waals surface area contributed by atoms with E-state index in [2.05, 4.69) is 10.2 Å². The molecule has 1 atom stereocenters. The van der Waals surface area contributed by atoms with Gasteiger partial charge in [0.25, 0.3) is 5.91 Å². The maximum Gasteiger partial charge on any atom is 0.252 e. The van der Waals surface area contributed by atoms with E-state index in [4.69, 9.17) is 15.5 Å². The number of aromatic nitrogens is 1. The van der Waals surface area contributed by atoms with E-state index in [9.17, 15) is 4.79 Å². The zero-order valence-electron chi connectivity index (χ0n) is 15.0. The molecule has 2 aliphatic rings. The van der Waals surface area contributed by atoms with Crippen LogP contribution in [0.5, 0.6) is 0 Å². The third-order valence-electron chi connectivity index (χ3n) is 5.40. The average molecular weight is 354 g/mol. The van der Waals surface area contributed by atoms with Crippen molar-refractivity contribution in [3.63, 3.8) is 0 Å². The lowest BCUT2D eigenvalue weighted by atomic mass is 10.0. The first-order valence-corrected chi connectivity index (χ1v) is 9.49. The van der Waals surface area contributed by atoms with Crippen LogP contribution in [0.15, 0.2) is 30.3 Å². The predicted octanol–water partition coefficient (Wildman–Crippen LogP) is 2.07. The van der Waals surface area contributed by atoms with E-state index < -0.39 is 5.91 Å². The maximum absolute atomic E-state index is 12.0. The summed E-state index contributed by atoms with van der Waals surface area (Å²) in [6.07, 6.45) is 4.39. The van der Waals surface area contributed by atoms with Gasteiger partial charge in [-0.25, -0.2) is 4.98 Å². The van der Waals surface area contributed by atoms with Gasteiger partial charge in [0, 0.05) is 37.2 Å². The number of anilines is 1. The number of amides is 1. The van der Waals surface area contributed by atoms with Crippen LogP contribution in [0.2, 0.25) is 0 Å². The van der Waals surface area contributed by atoms with Crippen LogP contribution in [-0.2, 0) is 4.74 Å². The van der Waals surface area contributed by atoms with E-state index in [0.29, 0.717) is 17.6 Å². The highest BCUT2D eigenvalue weighted by Crippen LogP contribution is 2.26. The molecule has 1 aromatic carbocycles. The summed E-state index contributed by atoms with van der Waals surface area (Å²) < 4.78 is 5.56. The number of fused-ring (bicyclic) bond motifs is 1. The van der Waals surface area contributed by atoms with Crippen molar-refractivity contribution >= 4 is 22.6 Å². The van der Waals surface area contributed by atoms with Gasteiger partial charge in [-0.3, -0.25) is 4.79 Å². The molecule has 138 valence electrons. The molecule has 6 nitrogen and oxygen atoms in total. The summed E-state index contributed by atoms with van der Waals surface area (Å²) in [7, 11) is 0. The van der Waals surface area contributed by atoms with Gasteiger partial charge < -0.3 is 20.7 Å². The van der Waals surface area contributed by atoms with Crippen molar-refractivity contribution in [2.75, 3.05) is 31.2 Å². The number of nitrogens with zero attached hydrogens (tertiary/aromatic N) is 2. The quantitative estimate of drug-likeness (QED) is 0.879. The fraction of sp³-hybridized carbons (Fsp3) is 0.500. The first-order chi connectivity index (χ1) is 12.7. The van der Waals surface area contributed by atoms with Gasteiger partial charge >= 0.3 is 0 Å². The largest absolute Gasteiger partial charge is 0.380 e. The summed E-state index contributed by atoms with van der Waals surface area (Å²) in [5, 5.41) is 4.68. The van der Waals surface area contributed by atoms with E-state index >= 15 is 0 Å². The minimum Gasteiger partial charge on any atom is -0.380 e. The molecule has 4 rings (SSSR count). The predicted molar refractivity (Wildman–Crippen MR) is 102 cm³/mol. The van der Waals surface area contributed by atoms with Gasteiger partial charge in [-0.15, -0.1) is 0 Å². The molecule has 0 spiro atoms. The Morgan fingerprint density at radius 2 is 2.00 bits per heavy atom. The number of piperidine rings is 1. The van der Waals surface area contributed by atoms with Gasteiger partial charge in [0.15, 0.2) is 0 Å². The summed E-state index contributed by atoms with van der Waals surface area (Å²) in [6.45, 7) is 3.45. The number of carbonyl (C=O) groups is 1. The minimum absolute atomic E-state index is 0.419. The van der Waals surface area contributed by atoms with Crippen molar-refractivity contribution in [3.8, 4) is 0 Å². The molecule has 3 N–H and O–H groups in total. The molecule has 1 amide bonds. The molecule has 0 radical (unpaired) electrons. The maximum atomic E-state index is 12.0. The van der Waals surface area contributed by atoms with Crippen LogP contribution in [0.1, 0.15) is 36.0 Å². The molecule has 2 fully saturated rings. The Bertz CT molecular complexity index is 780. The first kappa shape index (κ1) is 17.2. The molecule has 1 unspecified atom stereocenters. The summed E-state index contributed by atoms with van der Waals surface area (Å²) in [6, 6.07) is 10.7. The molecule has 0 aliphatic carbocycles. The van der Waals surface area contributed by atoms with Crippen LogP contribution < -0.4 is 16.0 Å². The van der Waals surface area contributed by atoms with Crippen LogP contribution in [0.25, 0.3) is 10.9 Å². The van der Waals surface area contributed by atoms with Gasteiger partial charge in [-0.05, 0) is 37.8 Å². The van der Waals surface area contributed by atoms with E-state index in [1.165, 1.54) is 6.42 Å². The topological polar surface area (TPSA) is 80.5 Å². The molecule has 1 aromatic heterocycles. The molecule has 2 aromatic rings. The Kier molecular flexibility index (Phi) is 5.04. The van der Waals surface area contributed by atoms with Crippen molar-refractivity contribution in [1.29, 1.82) is 0 Å². The number of primary amides is 1. The number of ether oxygens (including phenoxy) is 1. The Balaban J connectivity index is 1.48. The molecule has 6 heteroatoms. The molecule has 2 saturated heterocycles. The van der Waals surface area contributed by atoms with Gasteiger partial charge in [0.1, 0.15) is 5.82 Å². The smallest absolute Gasteiger partial charge is 0.252 e. The zero-order chi connectivity index (χ0) is 17.9. The molecule has 3 heterocycles. The van der Waals surface area contributed by atoms with Crippen molar-refractivity contribution in [1.82, 2.24) is 10.3 Å². The van der Waals surface area contributed by atoms with Crippen LogP contribution in [0.4, 0.5) is 5.82 Å². The summed E-state index contributed by atoms with van der Waals surface area (Å²) in [4.78, 5) is 18.9. The van der Waals surface area contributed by atoms with Gasteiger partial charge in [0.05, 0.1) is 17.7 Å². The van der Waals surface area contributed by atoms with Crippen molar-refractivity contribution in [3.05, 3.63) is 35.9 Å². The highest BCUT2D eigenvalue weighted by molar-refractivity contribution is 6.01. The first-order valence-electron chi connectivity index (χ1n) is 9.49. The van der Waals surface area contributed by atoms with Crippen LogP contribution >= 0.6 is 0 Å². The van der Waals surface area contributed by atoms with Crippen molar-refractivity contribution < 1.29 is 9.53 Å². The molecular weight excluding hydrogens is 328 g/mol. The summed E-state index contributed by atoms with van der Waals surface area (Å²) >= 11 is 0. The summed E-state index contributed by atoms with van der Waals surface area (Å²) in [5.74, 6) is 0.300. The Morgan fingerprint density at radius 3 is 2.73 bits per heavy atom. The zero-order valence-corrected chi connectivity index (χ0v) is 15.0. The number of pyridine rings is 1. The SMILES string of the molecule is NC(=O)c1cc2ccccc2nc1N1CCC(NC2CCCOC2)CC1. The number of hydrogen-bond acceptors (Lipinski definition) is 5. The second-order valence-electron chi connectivity index (χ2n) is 7.26. The van der Waals surface area contributed by atoms with Gasteiger partial charge in [-0.1, -0.05) is 18.2 Å².